The number of aromatic nitrogens is 2. The predicted molar refractivity (Wildman–Crippen MR) is 100 cm³/mol. The molecule has 0 spiro atoms. The largest absolute Gasteiger partial charge is 0.274 e. The third-order valence-corrected chi connectivity index (χ3v) is 6.05. The van der Waals surface area contributed by atoms with Crippen molar-refractivity contribution in [3.8, 4) is 0 Å². The second-order valence-electron chi connectivity index (χ2n) is 7.28. The first kappa shape index (κ1) is 17.3. The van der Waals surface area contributed by atoms with E-state index in [9.17, 15) is 9.59 Å². The summed E-state index contributed by atoms with van der Waals surface area (Å²) in [4.78, 5) is 27.3. The van der Waals surface area contributed by atoms with Gasteiger partial charge in [0.2, 0.25) is 11.8 Å². The van der Waals surface area contributed by atoms with Crippen molar-refractivity contribution in [2.45, 2.75) is 46.1 Å². The highest BCUT2D eigenvalue weighted by atomic mass is 35.5. The fraction of sp³-hybridized carbons (Fsp3) is 0.450. The Balaban J connectivity index is 1.70. The lowest BCUT2D eigenvalue weighted by molar-refractivity contribution is -0.122. The average molecular weight is 372 g/mol. The first-order chi connectivity index (χ1) is 12.5. The van der Waals surface area contributed by atoms with Crippen LogP contribution in [0.15, 0.2) is 24.3 Å². The standard InChI is InChI=1S/C20H22ClN3O2/c1-12-18(24-19(25)15-8-4-5-9-16(15)20(24)26)13(2)23(22-12)11-14-7-3-6-10-17(14)21/h3,6-7,10,15-16H,4-5,8-9,11H2,1-2H3/t15-,16+. The topological polar surface area (TPSA) is 55.2 Å². The molecule has 1 saturated heterocycles. The number of amides is 2. The molecular weight excluding hydrogens is 350 g/mol. The number of rotatable bonds is 3. The number of imide groups is 1. The first-order valence-corrected chi connectivity index (χ1v) is 9.52. The molecule has 2 fully saturated rings. The van der Waals surface area contributed by atoms with Gasteiger partial charge < -0.3 is 0 Å². The third kappa shape index (κ3) is 2.65. The molecular formula is C20H22ClN3O2. The highest BCUT2D eigenvalue weighted by Gasteiger charge is 2.50. The molecule has 1 saturated carbocycles. The maximum absolute atomic E-state index is 12.9. The Morgan fingerprint density at radius 3 is 2.31 bits per heavy atom. The summed E-state index contributed by atoms with van der Waals surface area (Å²) in [5.74, 6) is -0.407. The molecule has 1 aromatic heterocycles. The van der Waals surface area contributed by atoms with Crippen molar-refractivity contribution in [1.29, 1.82) is 0 Å². The van der Waals surface area contributed by atoms with Gasteiger partial charge in [0.15, 0.2) is 0 Å². The molecule has 1 aliphatic carbocycles. The van der Waals surface area contributed by atoms with E-state index in [-0.39, 0.29) is 23.7 Å². The SMILES string of the molecule is Cc1nn(Cc2ccccc2Cl)c(C)c1N1C(=O)[C@H]2CCCC[C@H]2C1=O. The van der Waals surface area contributed by atoms with Crippen LogP contribution in [0.2, 0.25) is 5.02 Å². The van der Waals surface area contributed by atoms with Crippen molar-refractivity contribution < 1.29 is 9.59 Å². The smallest absolute Gasteiger partial charge is 0.237 e. The summed E-state index contributed by atoms with van der Waals surface area (Å²) < 4.78 is 1.83. The van der Waals surface area contributed by atoms with Gasteiger partial charge in [0.05, 0.1) is 35.5 Å². The normalized spacial score (nSPS) is 22.8. The number of halogens is 1. The molecule has 0 radical (unpaired) electrons. The van der Waals surface area contributed by atoms with Crippen molar-refractivity contribution in [1.82, 2.24) is 9.78 Å². The van der Waals surface area contributed by atoms with Gasteiger partial charge in [0.25, 0.3) is 0 Å². The number of nitrogens with zero attached hydrogens (tertiary/aromatic N) is 3. The van der Waals surface area contributed by atoms with Crippen LogP contribution in [0.5, 0.6) is 0 Å². The second-order valence-corrected chi connectivity index (χ2v) is 7.69. The Morgan fingerprint density at radius 2 is 1.69 bits per heavy atom. The van der Waals surface area contributed by atoms with Crippen molar-refractivity contribution in [2.24, 2.45) is 11.8 Å². The van der Waals surface area contributed by atoms with Crippen LogP contribution in [-0.4, -0.2) is 21.6 Å². The van der Waals surface area contributed by atoms with Gasteiger partial charge in [0.1, 0.15) is 0 Å². The zero-order valence-electron chi connectivity index (χ0n) is 15.0. The monoisotopic (exact) mass is 371 g/mol. The molecule has 0 N–H and O–H groups in total. The number of hydrogen-bond donors (Lipinski definition) is 0. The molecule has 2 aliphatic rings. The molecule has 2 heterocycles. The van der Waals surface area contributed by atoms with Crippen LogP contribution in [0.25, 0.3) is 0 Å². The zero-order chi connectivity index (χ0) is 18.4. The van der Waals surface area contributed by atoms with Crippen LogP contribution in [-0.2, 0) is 16.1 Å². The fourth-order valence-electron chi connectivity index (χ4n) is 4.34. The summed E-state index contributed by atoms with van der Waals surface area (Å²) in [6.07, 6.45) is 3.69. The number of fused-ring (bicyclic) bond motifs is 1. The van der Waals surface area contributed by atoms with Crippen LogP contribution in [0.3, 0.4) is 0 Å². The molecule has 136 valence electrons. The number of carbonyl (C=O) groups is 2. The van der Waals surface area contributed by atoms with E-state index in [0.717, 1.165) is 36.9 Å². The average Bonchev–Trinajstić information content (AvgIpc) is 3.04. The maximum Gasteiger partial charge on any atom is 0.237 e. The van der Waals surface area contributed by atoms with Gasteiger partial charge in [-0.3, -0.25) is 14.3 Å². The second kappa shape index (κ2) is 6.54. The van der Waals surface area contributed by atoms with Crippen molar-refractivity contribution in [2.75, 3.05) is 4.90 Å². The number of anilines is 1. The highest BCUT2D eigenvalue weighted by molar-refractivity contribution is 6.31. The molecule has 1 aliphatic heterocycles. The first-order valence-electron chi connectivity index (χ1n) is 9.14. The van der Waals surface area contributed by atoms with Crippen LogP contribution in [0.4, 0.5) is 5.69 Å². The molecule has 2 atom stereocenters. The van der Waals surface area contributed by atoms with Crippen LogP contribution in [0.1, 0.15) is 42.6 Å². The molecule has 26 heavy (non-hydrogen) atoms. The van der Waals surface area contributed by atoms with E-state index in [1.54, 1.807) is 0 Å². The molecule has 6 heteroatoms. The molecule has 4 rings (SSSR count). The Morgan fingerprint density at radius 1 is 1.08 bits per heavy atom. The molecule has 2 amide bonds. The van der Waals surface area contributed by atoms with Crippen LogP contribution < -0.4 is 4.90 Å². The Labute approximate surface area is 157 Å². The van der Waals surface area contributed by atoms with Gasteiger partial charge in [0, 0.05) is 5.02 Å². The Bertz CT molecular complexity index is 865. The minimum absolute atomic E-state index is 0.0526. The lowest BCUT2D eigenvalue weighted by atomic mass is 9.81. The van der Waals surface area contributed by atoms with Gasteiger partial charge in [-0.2, -0.15) is 5.10 Å². The lowest BCUT2D eigenvalue weighted by Gasteiger charge is -2.19. The number of hydrogen-bond acceptors (Lipinski definition) is 3. The summed E-state index contributed by atoms with van der Waals surface area (Å²) in [5, 5.41) is 5.27. The summed E-state index contributed by atoms with van der Waals surface area (Å²) in [6, 6.07) is 7.63. The van der Waals surface area contributed by atoms with E-state index in [4.69, 9.17) is 11.6 Å². The zero-order valence-corrected chi connectivity index (χ0v) is 15.8. The van der Waals surface area contributed by atoms with Gasteiger partial charge in [-0.25, -0.2) is 4.90 Å². The van der Waals surface area contributed by atoms with E-state index in [2.05, 4.69) is 5.10 Å². The molecule has 0 unspecified atom stereocenters. The highest BCUT2D eigenvalue weighted by Crippen LogP contribution is 2.41. The predicted octanol–water partition coefficient (Wildman–Crippen LogP) is 3.88. The third-order valence-electron chi connectivity index (χ3n) is 5.69. The van der Waals surface area contributed by atoms with E-state index >= 15 is 0 Å². The minimum atomic E-state index is -0.151. The number of aryl methyl sites for hydroxylation is 1. The van der Waals surface area contributed by atoms with Crippen LogP contribution >= 0.6 is 11.6 Å². The van der Waals surface area contributed by atoms with Gasteiger partial charge >= 0.3 is 0 Å². The van der Waals surface area contributed by atoms with E-state index in [1.165, 1.54) is 4.90 Å². The Kier molecular flexibility index (Phi) is 4.35. The molecule has 5 nitrogen and oxygen atoms in total. The van der Waals surface area contributed by atoms with Gasteiger partial charge in [-0.05, 0) is 38.3 Å². The quantitative estimate of drug-likeness (QED) is 0.769. The fourth-order valence-corrected chi connectivity index (χ4v) is 4.53. The van der Waals surface area contributed by atoms with E-state index in [0.29, 0.717) is 22.9 Å². The van der Waals surface area contributed by atoms with Gasteiger partial charge in [-0.1, -0.05) is 42.6 Å². The number of carbonyl (C=O) groups excluding carboxylic acids is 2. The van der Waals surface area contributed by atoms with Gasteiger partial charge in [-0.15, -0.1) is 0 Å². The van der Waals surface area contributed by atoms with Crippen molar-refractivity contribution in [3.05, 3.63) is 46.2 Å². The summed E-state index contributed by atoms with van der Waals surface area (Å²) >= 11 is 6.27. The van der Waals surface area contributed by atoms with Crippen molar-refractivity contribution >= 4 is 29.1 Å². The molecule has 0 bridgehead atoms. The van der Waals surface area contributed by atoms with E-state index in [1.807, 2.05) is 42.8 Å². The molecule has 1 aromatic carbocycles. The van der Waals surface area contributed by atoms with Crippen molar-refractivity contribution in [3.63, 3.8) is 0 Å². The number of benzene rings is 1. The van der Waals surface area contributed by atoms with Crippen LogP contribution in [0, 0.1) is 25.7 Å². The Hall–Kier alpha value is -2.14. The molecule has 2 aromatic rings. The summed E-state index contributed by atoms with van der Waals surface area (Å²) in [5.41, 5.74) is 3.14. The summed E-state index contributed by atoms with van der Waals surface area (Å²) in [6.45, 7) is 4.28. The summed E-state index contributed by atoms with van der Waals surface area (Å²) in [7, 11) is 0. The minimum Gasteiger partial charge on any atom is -0.274 e. The maximum atomic E-state index is 12.9. The van der Waals surface area contributed by atoms with E-state index < -0.39 is 0 Å². The lowest BCUT2D eigenvalue weighted by Crippen LogP contribution is -2.31.